The highest BCUT2D eigenvalue weighted by atomic mass is 16.3. The lowest BCUT2D eigenvalue weighted by Gasteiger charge is -2.51. The van der Waals surface area contributed by atoms with E-state index in [9.17, 15) is 0 Å². The molecule has 7 aliphatic rings. The molecule has 4 aliphatic carbocycles. The Kier molecular flexibility index (Phi) is 11.8. The summed E-state index contributed by atoms with van der Waals surface area (Å²) in [6.45, 7) is 42.3. The second-order valence-electron chi connectivity index (χ2n) is 34.4. The predicted octanol–water partition coefficient (Wildman–Crippen LogP) is 21.4. The minimum absolute atomic E-state index is 0.00240. The highest BCUT2D eigenvalue weighted by Crippen LogP contribution is 2.63. The number of furan rings is 1. The van der Waals surface area contributed by atoms with E-state index in [2.05, 4.69) is 272 Å². The Morgan fingerprint density at radius 1 is 0.382 bits per heavy atom. The van der Waals surface area contributed by atoms with Gasteiger partial charge in [0.05, 0.1) is 11.2 Å². The molecule has 9 aromatic rings. The van der Waals surface area contributed by atoms with E-state index in [-0.39, 0.29) is 55.6 Å². The minimum atomic E-state index is -0.221. The molecule has 0 spiro atoms. The fourth-order valence-electron chi connectivity index (χ4n) is 18.9. The highest BCUT2D eigenvalue weighted by molar-refractivity contribution is 7.00. The van der Waals surface area contributed by atoms with Crippen molar-refractivity contribution in [3.8, 4) is 11.1 Å². The van der Waals surface area contributed by atoms with Crippen LogP contribution in [-0.2, 0) is 43.3 Å². The van der Waals surface area contributed by atoms with Crippen molar-refractivity contribution in [2.45, 2.75) is 231 Å². The molecule has 0 saturated heterocycles. The smallest absolute Gasteiger partial charge is 0.252 e. The van der Waals surface area contributed by atoms with Gasteiger partial charge in [-0.05, 0) is 229 Å². The molecular weight excluding hydrogens is 1080 g/mol. The first-order valence-electron chi connectivity index (χ1n) is 34.2. The molecule has 89 heavy (non-hydrogen) atoms. The molecule has 0 amide bonds. The Labute approximate surface area is 532 Å². The highest BCUT2D eigenvalue weighted by Gasteiger charge is 2.59. The van der Waals surface area contributed by atoms with E-state index < -0.39 is 0 Å². The van der Waals surface area contributed by atoms with Crippen molar-refractivity contribution >= 4 is 90.5 Å². The monoisotopic (exact) mass is 1170 g/mol. The number of rotatable bonds is 4. The second kappa shape index (κ2) is 18.4. The summed E-state index contributed by atoms with van der Waals surface area (Å²) in [6, 6.07) is 56.6. The quantitative estimate of drug-likeness (QED) is 0.164. The Balaban J connectivity index is 1.05. The van der Waals surface area contributed by atoms with Gasteiger partial charge in [0, 0.05) is 56.0 Å². The van der Waals surface area contributed by atoms with Crippen LogP contribution < -0.4 is 31.1 Å². The molecule has 0 N–H and O–H groups in total. The molecule has 4 nitrogen and oxygen atoms in total. The van der Waals surface area contributed by atoms with Crippen molar-refractivity contribution < 1.29 is 4.42 Å². The van der Waals surface area contributed by atoms with Gasteiger partial charge >= 0.3 is 0 Å². The Hall–Kier alpha value is -6.98. The maximum atomic E-state index is 7.28. The van der Waals surface area contributed by atoms with E-state index in [1.165, 1.54) is 131 Å². The number of fused-ring (bicyclic) bond motifs is 13. The molecule has 2 unspecified atom stereocenters. The summed E-state index contributed by atoms with van der Waals surface area (Å²) in [5.74, 6) is 0. The number of hydrogen-bond acceptors (Lipinski definition) is 4. The number of anilines is 8. The van der Waals surface area contributed by atoms with Crippen LogP contribution in [0.25, 0.3) is 33.1 Å². The van der Waals surface area contributed by atoms with Crippen molar-refractivity contribution in [1.29, 1.82) is 0 Å². The molecule has 5 heteroatoms. The molecule has 8 aromatic carbocycles. The van der Waals surface area contributed by atoms with Crippen LogP contribution in [-0.4, -0.2) is 12.3 Å². The van der Waals surface area contributed by atoms with Gasteiger partial charge in [0.1, 0.15) is 5.58 Å². The zero-order chi connectivity index (χ0) is 62.3. The van der Waals surface area contributed by atoms with Crippen LogP contribution in [0.3, 0.4) is 0 Å². The molecular formula is C84H94BN3O. The van der Waals surface area contributed by atoms with Crippen LogP contribution in [0.5, 0.6) is 0 Å². The van der Waals surface area contributed by atoms with E-state index in [0.29, 0.717) is 0 Å². The average Bonchev–Trinajstić information content (AvgIpc) is 1.23. The van der Waals surface area contributed by atoms with Crippen LogP contribution in [0, 0.1) is 0 Å². The van der Waals surface area contributed by atoms with Crippen LogP contribution >= 0.6 is 0 Å². The zero-order valence-electron chi connectivity index (χ0n) is 56.7. The third kappa shape index (κ3) is 8.03. The summed E-state index contributed by atoms with van der Waals surface area (Å²) in [5.41, 5.74) is 30.3. The van der Waals surface area contributed by atoms with E-state index in [0.717, 1.165) is 72.6 Å². The lowest BCUT2D eigenvalue weighted by atomic mass is 9.32. The maximum Gasteiger partial charge on any atom is 0.252 e. The van der Waals surface area contributed by atoms with Gasteiger partial charge in [-0.25, -0.2) is 0 Å². The van der Waals surface area contributed by atoms with Crippen molar-refractivity contribution in [2.75, 3.05) is 14.7 Å². The molecule has 0 bridgehead atoms. The summed E-state index contributed by atoms with van der Waals surface area (Å²) in [6.07, 6.45) is 11.6. The van der Waals surface area contributed by atoms with Gasteiger partial charge in [-0.3, -0.25) is 0 Å². The normalized spacial score (nSPS) is 23.4. The van der Waals surface area contributed by atoms with Crippen molar-refractivity contribution in [3.63, 3.8) is 0 Å². The van der Waals surface area contributed by atoms with E-state index in [4.69, 9.17) is 4.42 Å². The topological polar surface area (TPSA) is 22.9 Å². The first-order valence-corrected chi connectivity index (χ1v) is 34.2. The molecule has 1 fully saturated rings. The fourth-order valence-corrected chi connectivity index (χ4v) is 18.9. The third-order valence-electron chi connectivity index (χ3n) is 25.2. The maximum absolute atomic E-state index is 7.28. The molecule has 3 aliphatic heterocycles. The summed E-state index contributed by atoms with van der Waals surface area (Å²) in [4.78, 5) is 8.39. The SMILES string of the molecule is CC(C)(C)c1ccc(-c2ccc3c(c2)C2(C)CCCCC2(C)N3c2cc3c4c(c2)N(c2cccc5c2oc2ccccc25)c2cc5c(cc2B4c2cc4c(cc2N3c2ccc3c(c2)C(C)(C)CCC3(C)C)C(C)(C)CCC4(C)C)C(C)(C)CCC5(C)C)cc1. The molecule has 1 saturated carbocycles. The number of hydrogen-bond donors (Lipinski definition) is 0. The summed E-state index contributed by atoms with van der Waals surface area (Å²) in [5, 5.41) is 2.30. The van der Waals surface area contributed by atoms with Gasteiger partial charge in [-0.1, -0.05) is 202 Å². The third-order valence-corrected chi connectivity index (χ3v) is 25.2. The van der Waals surface area contributed by atoms with E-state index in [1.54, 1.807) is 0 Å². The average molecular weight is 1170 g/mol. The van der Waals surface area contributed by atoms with Gasteiger partial charge in [-0.2, -0.15) is 0 Å². The van der Waals surface area contributed by atoms with Gasteiger partial charge in [0.2, 0.25) is 0 Å². The molecule has 2 atom stereocenters. The Morgan fingerprint density at radius 3 is 1.51 bits per heavy atom. The van der Waals surface area contributed by atoms with Crippen LogP contribution in [0.2, 0.25) is 0 Å². The van der Waals surface area contributed by atoms with Gasteiger partial charge in [0.15, 0.2) is 5.58 Å². The molecule has 4 heterocycles. The predicted molar refractivity (Wildman–Crippen MR) is 381 cm³/mol. The van der Waals surface area contributed by atoms with Gasteiger partial charge in [-0.15, -0.1) is 0 Å². The van der Waals surface area contributed by atoms with Crippen molar-refractivity contribution in [3.05, 3.63) is 184 Å². The largest absolute Gasteiger partial charge is 0.454 e. The van der Waals surface area contributed by atoms with Gasteiger partial charge in [0.25, 0.3) is 6.71 Å². The first-order chi connectivity index (χ1) is 41.9. The van der Waals surface area contributed by atoms with Crippen LogP contribution in [0.4, 0.5) is 45.5 Å². The van der Waals surface area contributed by atoms with Crippen LogP contribution in [0.1, 0.15) is 226 Å². The standard InChI is InChI=1S/C84H94BN3O/c1-76(2,3)53-30-27-51(28-31-53)52-29-34-67-64(43-52)83(16)35-20-21-36-84(83,17)88(67)55-45-71-74-72(46-55)87(68-25-22-24-57-56-23-18-19-26-73(56)89-75(57)68)70-50-63-61(80(10,11)40-42-82(63,14)15)48-66(70)85(74)65-47-60-62(81(12,13)41-39-79(60,8)9)49-69(65)86(71)54-32-33-58-59(44-54)78(6,7)38-37-77(58,4)5/h18-19,22-34,43-50H,20-21,35-42H2,1-17H3. The molecule has 454 valence electrons. The Bertz CT molecular complexity index is 4500. The molecule has 0 radical (unpaired) electrons. The first kappa shape index (κ1) is 57.2. The number of para-hydroxylation sites is 2. The molecule has 16 rings (SSSR count). The summed E-state index contributed by atoms with van der Waals surface area (Å²) in [7, 11) is 0. The summed E-state index contributed by atoms with van der Waals surface area (Å²) < 4.78 is 7.28. The number of benzene rings is 8. The number of nitrogens with zero attached hydrogens (tertiary/aromatic N) is 3. The van der Waals surface area contributed by atoms with E-state index in [1.807, 2.05) is 0 Å². The Morgan fingerprint density at radius 2 is 0.899 bits per heavy atom. The lowest BCUT2D eigenvalue weighted by molar-refractivity contribution is 0.195. The lowest BCUT2D eigenvalue weighted by Crippen LogP contribution is -2.62. The fraction of sp³-hybridized carbons (Fsp3) is 0.429. The van der Waals surface area contributed by atoms with Crippen LogP contribution in [0.15, 0.2) is 144 Å². The zero-order valence-corrected chi connectivity index (χ0v) is 56.7. The minimum Gasteiger partial charge on any atom is -0.454 e. The van der Waals surface area contributed by atoms with Crippen molar-refractivity contribution in [1.82, 2.24) is 0 Å². The second-order valence-corrected chi connectivity index (χ2v) is 34.4. The van der Waals surface area contributed by atoms with Crippen molar-refractivity contribution in [2.24, 2.45) is 0 Å². The van der Waals surface area contributed by atoms with E-state index >= 15 is 0 Å². The molecule has 1 aromatic heterocycles. The summed E-state index contributed by atoms with van der Waals surface area (Å²) >= 11 is 0. The van der Waals surface area contributed by atoms with Gasteiger partial charge < -0.3 is 19.1 Å².